The Balaban J connectivity index is 2.35. The molecular weight excluding hydrogens is 270 g/mol. The number of aryl methyl sites for hydroxylation is 1. The van der Waals surface area contributed by atoms with Crippen molar-refractivity contribution >= 4 is 11.9 Å². The van der Waals surface area contributed by atoms with Crippen LogP contribution < -0.4 is 20.7 Å². The van der Waals surface area contributed by atoms with Crippen LogP contribution in [0.5, 0.6) is 5.75 Å². The van der Waals surface area contributed by atoms with Gasteiger partial charge in [0.05, 0.1) is 6.04 Å². The molecule has 1 rings (SSSR count). The lowest BCUT2D eigenvalue weighted by molar-refractivity contribution is -0.121. The first-order valence-electron chi connectivity index (χ1n) is 6.90. The Morgan fingerprint density at radius 1 is 1.19 bits per heavy atom. The minimum Gasteiger partial charge on any atom is -0.492 e. The van der Waals surface area contributed by atoms with Crippen LogP contribution >= 0.6 is 0 Å². The highest BCUT2D eigenvalue weighted by molar-refractivity contribution is 5.96. The van der Waals surface area contributed by atoms with Crippen LogP contribution in [0.15, 0.2) is 24.3 Å². The van der Waals surface area contributed by atoms with Crippen molar-refractivity contribution in [2.45, 2.75) is 32.9 Å². The molecule has 21 heavy (non-hydrogen) atoms. The lowest BCUT2D eigenvalue weighted by Gasteiger charge is -2.19. The molecule has 3 amide bonds. The Morgan fingerprint density at radius 2 is 1.81 bits per heavy atom. The number of rotatable bonds is 6. The van der Waals surface area contributed by atoms with Crippen LogP contribution in [0.4, 0.5) is 4.79 Å². The van der Waals surface area contributed by atoms with Crippen LogP contribution in [0.25, 0.3) is 0 Å². The molecule has 0 aliphatic rings. The van der Waals surface area contributed by atoms with Crippen LogP contribution in [0, 0.1) is 6.92 Å². The van der Waals surface area contributed by atoms with Crippen LogP contribution in [0.3, 0.4) is 0 Å². The summed E-state index contributed by atoms with van der Waals surface area (Å²) < 4.78 is 5.63. The third-order valence-corrected chi connectivity index (χ3v) is 2.91. The highest BCUT2D eigenvalue weighted by atomic mass is 16.5. The van der Waals surface area contributed by atoms with Crippen molar-refractivity contribution in [1.82, 2.24) is 16.0 Å². The lowest BCUT2D eigenvalue weighted by atomic mass is 10.2. The fourth-order valence-corrected chi connectivity index (χ4v) is 1.69. The van der Waals surface area contributed by atoms with Gasteiger partial charge in [0, 0.05) is 13.1 Å². The highest BCUT2D eigenvalue weighted by Crippen LogP contribution is 2.11. The van der Waals surface area contributed by atoms with Crippen molar-refractivity contribution in [2.24, 2.45) is 0 Å². The molecule has 1 aromatic carbocycles. The average molecular weight is 293 g/mol. The first-order valence-corrected chi connectivity index (χ1v) is 6.90. The summed E-state index contributed by atoms with van der Waals surface area (Å²) in [6, 6.07) is 6.74. The Bertz CT molecular complexity index is 474. The zero-order valence-corrected chi connectivity index (χ0v) is 12.9. The van der Waals surface area contributed by atoms with E-state index < -0.39 is 12.1 Å². The summed E-state index contributed by atoms with van der Waals surface area (Å²) in [6.07, 6.45) is 0. The van der Waals surface area contributed by atoms with E-state index in [0.717, 1.165) is 5.75 Å². The monoisotopic (exact) mass is 293 g/mol. The Labute approximate surface area is 125 Å². The molecule has 0 heterocycles. The second kappa shape index (κ2) is 8.26. The molecule has 0 saturated carbocycles. The van der Waals surface area contributed by atoms with Gasteiger partial charge in [0.1, 0.15) is 12.4 Å². The SMILES string of the molecule is CNC(=O)NC(=O)C(C)NC(C)COc1ccc(C)cc1. The van der Waals surface area contributed by atoms with E-state index in [1.54, 1.807) is 6.92 Å². The molecule has 6 nitrogen and oxygen atoms in total. The molecule has 0 saturated heterocycles. The summed E-state index contributed by atoms with van der Waals surface area (Å²) >= 11 is 0. The van der Waals surface area contributed by atoms with E-state index in [1.807, 2.05) is 38.1 Å². The van der Waals surface area contributed by atoms with Crippen molar-refractivity contribution in [2.75, 3.05) is 13.7 Å². The fourth-order valence-electron chi connectivity index (χ4n) is 1.69. The Morgan fingerprint density at radius 3 is 2.38 bits per heavy atom. The summed E-state index contributed by atoms with van der Waals surface area (Å²) in [5.74, 6) is 0.410. The second-order valence-electron chi connectivity index (χ2n) is 4.98. The number of ether oxygens (including phenoxy) is 1. The van der Waals surface area contributed by atoms with Gasteiger partial charge >= 0.3 is 6.03 Å². The second-order valence-corrected chi connectivity index (χ2v) is 4.98. The standard InChI is InChI=1S/C15H23N3O3/c1-10-5-7-13(8-6-10)21-9-11(2)17-12(3)14(19)18-15(20)16-4/h5-8,11-12,17H,9H2,1-4H3,(H2,16,18,19,20). The molecule has 116 valence electrons. The number of imide groups is 1. The van der Waals surface area contributed by atoms with Gasteiger partial charge < -0.3 is 15.4 Å². The first-order chi connectivity index (χ1) is 9.92. The molecule has 3 N–H and O–H groups in total. The van der Waals surface area contributed by atoms with E-state index >= 15 is 0 Å². The smallest absolute Gasteiger partial charge is 0.321 e. The molecule has 2 atom stereocenters. The number of hydrogen-bond acceptors (Lipinski definition) is 4. The van der Waals surface area contributed by atoms with Gasteiger partial charge in [-0.25, -0.2) is 4.79 Å². The number of carbonyl (C=O) groups excluding carboxylic acids is 2. The lowest BCUT2D eigenvalue weighted by Crippen LogP contribution is -2.50. The van der Waals surface area contributed by atoms with Crippen molar-refractivity contribution in [3.05, 3.63) is 29.8 Å². The number of amides is 3. The summed E-state index contributed by atoms with van der Waals surface area (Å²) in [7, 11) is 1.46. The minimum atomic E-state index is -0.516. The van der Waals surface area contributed by atoms with E-state index in [0.29, 0.717) is 6.61 Å². The van der Waals surface area contributed by atoms with Crippen molar-refractivity contribution < 1.29 is 14.3 Å². The predicted molar refractivity (Wildman–Crippen MR) is 81.3 cm³/mol. The largest absolute Gasteiger partial charge is 0.492 e. The van der Waals surface area contributed by atoms with Crippen LogP contribution in [-0.4, -0.2) is 37.7 Å². The molecule has 0 spiro atoms. The average Bonchev–Trinajstić information content (AvgIpc) is 2.46. The molecule has 6 heteroatoms. The van der Waals surface area contributed by atoms with Crippen LogP contribution in [0.1, 0.15) is 19.4 Å². The van der Waals surface area contributed by atoms with Crippen molar-refractivity contribution in [3.8, 4) is 5.75 Å². The molecule has 0 radical (unpaired) electrons. The van der Waals surface area contributed by atoms with Gasteiger partial charge in [-0.2, -0.15) is 0 Å². The van der Waals surface area contributed by atoms with Crippen molar-refractivity contribution in [1.29, 1.82) is 0 Å². The summed E-state index contributed by atoms with van der Waals surface area (Å²) in [5.41, 5.74) is 1.17. The maximum atomic E-state index is 11.7. The molecule has 1 aromatic rings. The molecule has 0 aliphatic heterocycles. The third kappa shape index (κ3) is 6.27. The highest BCUT2D eigenvalue weighted by Gasteiger charge is 2.17. The van der Waals surface area contributed by atoms with Crippen LogP contribution in [0.2, 0.25) is 0 Å². The molecule has 0 aliphatic carbocycles. The van der Waals surface area contributed by atoms with Gasteiger partial charge in [-0.05, 0) is 32.9 Å². The predicted octanol–water partition coefficient (Wildman–Crippen LogP) is 1.20. The van der Waals surface area contributed by atoms with Crippen molar-refractivity contribution in [3.63, 3.8) is 0 Å². The zero-order chi connectivity index (χ0) is 15.8. The Kier molecular flexibility index (Phi) is 6.68. The summed E-state index contributed by atoms with van der Waals surface area (Å²) in [4.78, 5) is 22.7. The molecule has 2 unspecified atom stereocenters. The first kappa shape index (κ1) is 17.0. The maximum absolute atomic E-state index is 11.7. The summed E-state index contributed by atoms with van der Waals surface area (Å²) in [5, 5.41) is 7.63. The third-order valence-electron chi connectivity index (χ3n) is 2.91. The maximum Gasteiger partial charge on any atom is 0.321 e. The summed E-state index contributed by atoms with van der Waals surface area (Å²) in [6.45, 7) is 6.06. The molecule has 0 fully saturated rings. The number of nitrogens with one attached hydrogen (secondary N) is 3. The number of hydrogen-bond donors (Lipinski definition) is 3. The van der Waals surface area contributed by atoms with Gasteiger partial charge in [0.25, 0.3) is 0 Å². The molecular formula is C15H23N3O3. The molecule has 0 aromatic heterocycles. The van der Waals surface area contributed by atoms with E-state index in [4.69, 9.17) is 4.74 Å². The number of carbonyl (C=O) groups is 2. The Hall–Kier alpha value is -2.08. The zero-order valence-electron chi connectivity index (χ0n) is 12.9. The van der Waals surface area contributed by atoms with Crippen LogP contribution in [-0.2, 0) is 4.79 Å². The quantitative estimate of drug-likeness (QED) is 0.736. The minimum absolute atomic E-state index is 0.0308. The fraction of sp³-hybridized carbons (Fsp3) is 0.467. The van der Waals surface area contributed by atoms with E-state index in [2.05, 4.69) is 16.0 Å². The van der Waals surface area contributed by atoms with Gasteiger partial charge in [-0.3, -0.25) is 10.1 Å². The van der Waals surface area contributed by atoms with Gasteiger partial charge in [0.2, 0.25) is 5.91 Å². The molecule has 0 bridgehead atoms. The topological polar surface area (TPSA) is 79.5 Å². The van der Waals surface area contributed by atoms with E-state index in [-0.39, 0.29) is 11.9 Å². The van der Waals surface area contributed by atoms with E-state index in [1.165, 1.54) is 12.6 Å². The van der Waals surface area contributed by atoms with Gasteiger partial charge in [0.15, 0.2) is 0 Å². The number of benzene rings is 1. The number of urea groups is 1. The van der Waals surface area contributed by atoms with Gasteiger partial charge in [-0.1, -0.05) is 17.7 Å². The normalized spacial score (nSPS) is 13.1. The van der Waals surface area contributed by atoms with E-state index in [9.17, 15) is 9.59 Å². The van der Waals surface area contributed by atoms with Gasteiger partial charge in [-0.15, -0.1) is 0 Å².